The lowest BCUT2D eigenvalue weighted by atomic mass is 9.97. The number of piperidine rings is 1. The second kappa shape index (κ2) is 5.83. The van der Waals surface area contributed by atoms with E-state index in [0.29, 0.717) is 5.92 Å². The van der Waals surface area contributed by atoms with Crippen LogP contribution in [0.25, 0.3) is 10.7 Å². The van der Waals surface area contributed by atoms with Gasteiger partial charge >= 0.3 is 0 Å². The van der Waals surface area contributed by atoms with Crippen molar-refractivity contribution in [3.8, 4) is 10.7 Å². The lowest BCUT2D eigenvalue weighted by Gasteiger charge is -2.30. The minimum absolute atomic E-state index is 0.653. The molecule has 3 heterocycles. The number of hydrogen-bond acceptors (Lipinski definition) is 5. The lowest BCUT2D eigenvalue weighted by molar-refractivity contribution is 0.411. The topological polar surface area (TPSA) is 70.8 Å². The fourth-order valence-corrected chi connectivity index (χ4v) is 3.92. The number of hydrogen-bond donors (Lipinski definition) is 2. The highest BCUT2D eigenvalue weighted by molar-refractivity contribution is 9.11. The highest BCUT2D eigenvalue weighted by Crippen LogP contribution is 2.33. The van der Waals surface area contributed by atoms with Gasteiger partial charge in [-0.15, -0.1) is 16.4 Å². The molecule has 3 rings (SSSR count). The van der Waals surface area contributed by atoms with Gasteiger partial charge in [-0.3, -0.25) is 5.10 Å². The summed E-state index contributed by atoms with van der Waals surface area (Å²) in [5, 5.41) is 7.40. The van der Waals surface area contributed by atoms with Crippen LogP contribution < -0.4 is 10.6 Å². The molecule has 0 aromatic carbocycles. The fraction of sp³-hybridized carbons (Fsp3) is 0.538. The summed E-state index contributed by atoms with van der Waals surface area (Å²) >= 11 is 5.22. The van der Waals surface area contributed by atoms with Gasteiger partial charge in [-0.2, -0.15) is 4.98 Å². The molecule has 0 bridgehead atoms. The first-order valence-electron chi connectivity index (χ1n) is 6.81. The van der Waals surface area contributed by atoms with Crippen molar-refractivity contribution in [1.29, 1.82) is 0 Å². The maximum absolute atomic E-state index is 5.72. The van der Waals surface area contributed by atoms with Crippen LogP contribution in [0.3, 0.4) is 0 Å². The summed E-state index contributed by atoms with van der Waals surface area (Å²) in [7, 11) is 0. The van der Waals surface area contributed by atoms with Gasteiger partial charge in [0, 0.05) is 13.1 Å². The van der Waals surface area contributed by atoms with Gasteiger partial charge in [0.05, 0.1) is 8.66 Å². The van der Waals surface area contributed by atoms with E-state index in [9.17, 15) is 0 Å². The molecular formula is C13H18BrN5S. The molecule has 2 aromatic heterocycles. The van der Waals surface area contributed by atoms with Crippen molar-refractivity contribution in [2.45, 2.75) is 19.8 Å². The zero-order valence-electron chi connectivity index (χ0n) is 11.4. The molecule has 0 aliphatic carbocycles. The quantitative estimate of drug-likeness (QED) is 0.887. The molecule has 2 aromatic rings. The van der Waals surface area contributed by atoms with Crippen LogP contribution in [0.4, 0.5) is 5.95 Å². The predicted molar refractivity (Wildman–Crippen MR) is 86.1 cm³/mol. The van der Waals surface area contributed by atoms with Crippen molar-refractivity contribution in [2.24, 2.45) is 11.7 Å². The van der Waals surface area contributed by atoms with E-state index in [1.807, 2.05) is 0 Å². The summed E-state index contributed by atoms with van der Waals surface area (Å²) in [4.78, 5) is 7.98. The summed E-state index contributed by atoms with van der Waals surface area (Å²) in [6.45, 7) is 4.85. The van der Waals surface area contributed by atoms with Gasteiger partial charge in [0.2, 0.25) is 5.95 Å². The molecule has 0 radical (unpaired) electrons. The van der Waals surface area contributed by atoms with Crippen molar-refractivity contribution in [2.75, 3.05) is 24.5 Å². The monoisotopic (exact) mass is 355 g/mol. The number of halogens is 1. The first-order valence-corrected chi connectivity index (χ1v) is 8.42. The van der Waals surface area contributed by atoms with E-state index in [2.05, 4.69) is 49.0 Å². The van der Waals surface area contributed by atoms with E-state index in [1.54, 1.807) is 11.3 Å². The highest BCUT2D eigenvalue weighted by Gasteiger charge is 2.21. The number of aromatic nitrogens is 3. The Morgan fingerprint density at radius 1 is 1.50 bits per heavy atom. The molecule has 108 valence electrons. The Morgan fingerprint density at radius 3 is 2.85 bits per heavy atom. The second-order valence-corrected chi connectivity index (χ2v) is 7.59. The van der Waals surface area contributed by atoms with E-state index >= 15 is 0 Å². The summed E-state index contributed by atoms with van der Waals surface area (Å²) in [6.07, 6.45) is 2.26. The number of thiophene rings is 1. The highest BCUT2D eigenvalue weighted by atomic mass is 79.9. The number of nitrogens with zero attached hydrogens (tertiary/aromatic N) is 3. The Labute approximate surface area is 130 Å². The summed E-state index contributed by atoms with van der Waals surface area (Å²) in [6, 6.07) is 2.12. The Kier molecular flexibility index (Phi) is 4.09. The molecule has 0 amide bonds. The first kappa shape index (κ1) is 14.0. The molecule has 1 aliphatic heterocycles. The normalized spacial score (nSPS) is 16.9. The standard InChI is InChI=1S/C13H18BrN5S/c1-8-6-10(20-11(8)14)12-16-13(18-17-12)19-4-2-9(7-15)3-5-19/h6,9H,2-5,7,15H2,1H3,(H,16,17,18). The van der Waals surface area contributed by atoms with Crippen molar-refractivity contribution < 1.29 is 0 Å². The van der Waals surface area contributed by atoms with Crippen LogP contribution in [0.1, 0.15) is 18.4 Å². The Morgan fingerprint density at radius 2 is 2.25 bits per heavy atom. The number of rotatable bonds is 3. The molecule has 20 heavy (non-hydrogen) atoms. The van der Waals surface area contributed by atoms with Crippen LogP contribution >= 0.6 is 27.3 Å². The zero-order chi connectivity index (χ0) is 14.1. The molecule has 0 saturated carbocycles. The molecule has 7 heteroatoms. The average molecular weight is 356 g/mol. The van der Waals surface area contributed by atoms with Crippen LogP contribution in [0.2, 0.25) is 0 Å². The second-order valence-electron chi connectivity index (χ2n) is 5.22. The van der Waals surface area contributed by atoms with Crippen molar-refractivity contribution in [3.05, 3.63) is 15.4 Å². The van der Waals surface area contributed by atoms with Gasteiger partial charge in [-0.1, -0.05) is 0 Å². The summed E-state index contributed by atoms with van der Waals surface area (Å²) in [5.74, 6) is 2.30. The largest absolute Gasteiger partial charge is 0.340 e. The maximum Gasteiger partial charge on any atom is 0.245 e. The molecule has 1 fully saturated rings. The molecule has 1 aliphatic rings. The van der Waals surface area contributed by atoms with Crippen molar-refractivity contribution in [1.82, 2.24) is 15.2 Å². The number of aromatic amines is 1. The van der Waals surface area contributed by atoms with Gasteiger partial charge in [-0.25, -0.2) is 0 Å². The number of anilines is 1. The van der Waals surface area contributed by atoms with E-state index in [4.69, 9.17) is 5.73 Å². The number of nitrogens with one attached hydrogen (secondary N) is 1. The predicted octanol–water partition coefficient (Wildman–Crippen LogP) is 2.78. The Bertz CT molecular complexity index is 566. The first-order chi connectivity index (χ1) is 9.67. The van der Waals surface area contributed by atoms with E-state index < -0.39 is 0 Å². The van der Waals surface area contributed by atoms with E-state index in [-0.39, 0.29) is 0 Å². The van der Waals surface area contributed by atoms with E-state index in [0.717, 1.165) is 52.9 Å². The molecule has 3 N–H and O–H groups in total. The van der Waals surface area contributed by atoms with Gasteiger partial charge in [0.25, 0.3) is 0 Å². The summed E-state index contributed by atoms with van der Waals surface area (Å²) < 4.78 is 1.15. The molecule has 1 saturated heterocycles. The Balaban J connectivity index is 1.74. The van der Waals surface area contributed by atoms with Gasteiger partial charge in [-0.05, 0) is 59.8 Å². The van der Waals surface area contributed by atoms with Gasteiger partial charge < -0.3 is 10.6 Å². The number of H-pyrrole nitrogens is 1. The SMILES string of the molecule is Cc1cc(-c2nc(N3CCC(CN)CC3)n[nH]2)sc1Br. The van der Waals surface area contributed by atoms with Crippen molar-refractivity contribution >= 4 is 33.2 Å². The fourth-order valence-electron chi connectivity index (χ4n) is 2.45. The minimum atomic E-state index is 0.653. The zero-order valence-corrected chi connectivity index (χ0v) is 13.8. The van der Waals surface area contributed by atoms with Crippen LogP contribution in [-0.2, 0) is 0 Å². The molecule has 0 atom stereocenters. The average Bonchev–Trinajstić information content (AvgIpc) is 3.07. The molecule has 0 spiro atoms. The lowest BCUT2D eigenvalue weighted by Crippen LogP contribution is -2.36. The third-order valence-corrected chi connectivity index (χ3v) is 5.94. The smallest absolute Gasteiger partial charge is 0.245 e. The van der Waals surface area contributed by atoms with Crippen LogP contribution in [0, 0.1) is 12.8 Å². The van der Waals surface area contributed by atoms with Crippen LogP contribution in [-0.4, -0.2) is 34.8 Å². The van der Waals surface area contributed by atoms with Crippen LogP contribution in [0.5, 0.6) is 0 Å². The van der Waals surface area contributed by atoms with E-state index in [1.165, 1.54) is 5.56 Å². The van der Waals surface area contributed by atoms with Gasteiger partial charge in [0.1, 0.15) is 0 Å². The number of aryl methyl sites for hydroxylation is 1. The third-order valence-electron chi connectivity index (χ3n) is 3.79. The Hall–Kier alpha value is -0.920. The minimum Gasteiger partial charge on any atom is -0.340 e. The number of nitrogens with two attached hydrogens (primary N) is 1. The summed E-state index contributed by atoms with van der Waals surface area (Å²) in [5.41, 5.74) is 6.95. The molecule has 5 nitrogen and oxygen atoms in total. The van der Waals surface area contributed by atoms with Crippen molar-refractivity contribution in [3.63, 3.8) is 0 Å². The maximum atomic E-state index is 5.72. The molecule has 0 unspecified atom stereocenters. The third kappa shape index (κ3) is 2.75. The molecular weight excluding hydrogens is 338 g/mol. The van der Waals surface area contributed by atoms with Gasteiger partial charge in [0.15, 0.2) is 5.82 Å². The van der Waals surface area contributed by atoms with Crippen LogP contribution in [0.15, 0.2) is 9.85 Å².